The Bertz CT molecular complexity index is 828. The molecule has 0 amide bonds. The number of nitrogens with zero attached hydrogens (tertiary/aromatic N) is 2. The number of thiazole rings is 1. The summed E-state index contributed by atoms with van der Waals surface area (Å²) in [6.07, 6.45) is 4.51. The lowest BCUT2D eigenvalue weighted by Crippen LogP contribution is -2.28. The number of benzene rings is 2. The maximum atomic E-state index is 5.78. The van der Waals surface area contributed by atoms with Gasteiger partial charge in [-0.25, -0.2) is 4.98 Å². The van der Waals surface area contributed by atoms with Crippen molar-refractivity contribution >= 4 is 39.6 Å². The molecule has 3 aromatic rings. The first-order valence-corrected chi connectivity index (χ1v) is 8.97. The van der Waals surface area contributed by atoms with Crippen molar-refractivity contribution in [2.75, 3.05) is 5.73 Å². The van der Waals surface area contributed by atoms with E-state index in [-0.39, 0.29) is 12.4 Å². The number of nitrogens with two attached hydrogens (primary N) is 1. The molecule has 1 aromatic heterocycles. The molecule has 0 bridgehead atoms. The number of rotatable bonds is 5. The Labute approximate surface area is 152 Å². The summed E-state index contributed by atoms with van der Waals surface area (Å²) < 4.78 is 0. The largest absolute Gasteiger partial charge is 0.375 e. The van der Waals surface area contributed by atoms with Crippen LogP contribution in [0, 0.1) is 0 Å². The minimum absolute atomic E-state index is 0. The molecule has 24 heavy (non-hydrogen) atoms. The third-order valence-electron chi connectivity index (χ3n) is 4.68. The fraction of sp³-hybridized carbons (Fsp3) is 0.316. The monoisotopic (exact) mass is 359 g/mol. The van der Waals surface area contributed by atoms with Crippen molar-refractivity contribution in [3.05, 3.63) is 59.1 Å². The second-order valence-electron chi connectivity index (χ2n) is 6.35. The SMILES string of the molecule is CC(c1ccc2ccccc2c1)N(Cc1cnc(N)s1)C1CC1.Cl. The van der Waals surface area contributed by atoms with E-state index in [2.05, 4.69) is 59.3 Å². The van der Waals surface area contributed by atoms with E-state index in [1.807, 2.05) is 6.20 Å². The molecule has 3 nitrogen and oxygen atoms in total. The molecular formula is C19H22ClN3S. The van der Waals surface area contributed by atoms with Crippen LogP contribution in [0.4, 0.5) is 5.13 Å². The molecule has 126 valence electrons. The predicted molar refractivity (Wildman–Crippen MR) is 105 cm³/mol. The van der Waals surface area contributed by atoms with E-state index in [1.165, 1.54) is 34.1 Å². The Hall–Kier alpha value is -1.62. The van der Waals surface area contributed by atoms with Crippen LogP contribution in [0.25, 0.3) is 10.8 Å². The molecule has 1 saturated carbocycles. The van der Waals surface area contributed by atoms with Gasteiger partial charge in [-0.15, -0.1) is 23.7 Å². The first-order chi connectivity index (χ1) is 11.2. The average Bonchev–Trinajstić information content (AvgIpc) is 3.34. The quantitative estimate of drug-likeness (QED) is 0.695. The third-order valence-corrected chi connectivity index (χ3v) is 5.49. The summed E-state index contributed by atoms with van der Waals surface area (Å²) >= 11 is 1.60. The van der Waals surface area contributed by atoms with Crippen molar-refractivity contribution in [3.63, 3.8) is 0 Å². The third kappa shape index (κ3) is 3.56. The highest BCUT2D eigenvalue weighted by molar-refractivity contribution is 7.15. The van der Waals surface area contributed by atoms with Crippen LogP contribution in [0.5, 0.6) is 0 Å². The Morgan fingerprint density at radius 1 is 1.21 bits per heavy atom. The molecule has 0 saturated heterocycles. The van der Waals surface area contributed by atoms with Gasteiger partial charge in [-0.05, 0) is 42.2 Å². The van der Waals surface area contributed by atoms with Gasteiger partial charge in [-0.1, -0.05) is 36.4 Å². The van der Waals surface area contributed by atoms with E-state index in [9.17, 15) is 0 Å². The van der Waals surface area contributed by atoms with Crippen molar-refractivity contribution in [2.45, 2.75) is 38.4 Å². The van der Waals surface area contributed by atoms with E-state index < -0.39 is 0 Å². The molecule has 1 atom stereocenters. The normalized spacial score (nSPS) is 15.4. The van der Waals surface area contributed by atoms with E-state index in [1.54, 1.807) is 11.3 Å². The summed E-state index contributed by atoms with van der Waals surface area (Å²) in [5.74, 6) is 0. The molecule has 0 aliphatic heterocycles. The minimum Gasteiger partial charge on any atom is -0.375 e. The standard InChI is InChI=1S/C19H21N3S.ClH/c1-13(15-7-6-14-4-2-3-5-16(14)10-15)22(17-8-9-17)12-18-11-21-19(20)23-18;/h2-7,10-11,13,17H,8-9,12H2,1H3,(H2,20,21);1H. The van der Waals surface area contributed by atoms with Gasteiger partial charge in [-0.3, -0.25) is 4.90 Å². The van der Waals surface area contributed by atoms with Gasteiger partial charge in [0.1, 0.15) is 0 Å². The van der Waals surface area contributed by atoms with Crippen LogP contribution < -0.4 is 5.73 Å². The van der Waals surface area contributed by atoms with Crippen LogP contribution in [0.2, 0.25) is 0 Å². The van der Waals surface area contributed by atoms with Gasteiger partial charge in [0.15, 0.2) is 5.13 Å². The maximum absolute atomic E-state index is 5.78. The zero-order chi connectivity index (χ0) is 15.8. The second kappa shape index (κ2) is 7.09. The highest BCUT2D eigenvalue weighted by Gasteiger charge is 2.33. The van der Waals surface area contributed by atoms with Gasteiger partial charge >= 0.3 is 0 Å². The summed E-state index contributed by atoms with van der Waals surface area (Å²) in [6, 6.07) is 16.5. The highest BCUT2D eigenvalue weighted by atomic mass is 35.5. The van der Waals surface area contributed by atoms with Crippen molar-refractivity contribution in [1.29, 1.82) is 0 Å². The lowest BCUT2D eigenvalue weighted by molar-refractivity contribution is 0.192. The second-order valence-corrected chi connectivity index (χ2v) is 7.50. The molecule has 1 unspecified atom stereocenters. The first-order valence-electron chi connectivity index (χ1n) is 8.15. The number of hydrogen-bond acceptors (Lipinski definition) is 4. The molecule has 1 aliphatic carbocycles. The molecule has 2 aromatic carbocycles. The maximum Gasteiger partial charge on any atom is 0.180 e. The van der Waals surface area contributed by atoms with Crippen LogP contribution in [-0.4, -0.2) is 15.9 Å². The smallest absolute Gasteiger partial charge is 0.180 e. The molecule has 1 aliphatic rings. The Morgan fingerprint density at radius 3 is 2.62 bits per heavy atom. The van der Waals surface area contributed by atoms with E-state index in [0.717, 1.165) is 6.54 Å². The molecule has 1 heterocycles. The topological polar surface area (TPSA) is 42.2 Å². The molecular weight excluding hydrogens is 338 g/mol. The molecule has 4 rings (SSSR count). The summed E-state index contributed by atoms with van der Waals surface area (Å²) in [5, 5.41) is 3.28. The molecule has 0 radical (unpaired) electrons. The van der Waals surface area contributed by atoms with Crippen LogP contribution in [0.15, 0.2) is 48.7 Å². The van der Waals surface area contributed by atoms with Gasteiger partial charge in [0.2, 0.25) is 0 Å². The van der Waals surface area contributed by atoms with Crippen molar-refractivity contribution in [1.82, 2.24) is 9.88 Å². The molecule has 2 N–H and O–H groups in total. The zero-order valence-electron chi connectivity index (χ0n) is 13.7. The van der Waals surface area contributed by atoms with Gasteiger partial charge in [-0.2, -0.15) is 0 Å². The number of aromatic nitrogens is 1. The molecule has 1 fully saturated rings. The van der Waals surface area contributed by atoms with Crippen LogP contribution >= 0.6 is 23.7 Å². The summed E-state index contributed by atoms with van der Waals surface area (Å²) in [6.45, 7) is 3.25. The number of halogens is 1. The molecule has 0 spiro atoms. The number of anilines is 1. The van der Waals surface area contributed by atoms with Crippen LogP contribution in [-0.2, 0) is 6.54 Å². The van der Waals surface area contributed by atoms with Gasteiger partial charge in [0.05, 0.1) is 0 Å². The fourth-order valence-corrected chi connectivity index (χ4v) is 3.92. The minimum atomic E-state index is 0. The van der Waals surface area contributed by atoms with Crippen molar-refractivity contribution < 1.29 is 0 Å². The predicted octanol–water partition coefficient (Wildman–Crippen LogP) is 5.03. The molecule has 5 heteroatoms. The van der Waals surface area contributed by atoms with E-state index in [0.29, 0.717) is 17.2 Å². The highest BCUT2D eigenvalue weighted by Crippen LogP contribution is 2.37. The zero-order valence-corrected chi connectivity index (χ0v) is 15.3. The Morgan fingerprint density at radius 2 is 1.96 bits per heavy atom. The number of hydrogen-bond donors (Lipinski definition) is 1. The lowest BCUT2D eigenvalue weighted by Gasteiger charge is -2.29. The van der Waals surface area contributed by atoms with E-state index >= 15 is 0 Å². The number of fused-ring (bicyclic) bond motifs is 1. The number of nitrogen functional groups attached to an aromatic ring is 1. The summed E-state index contributed by atoms with van der Waals surface area (Å²) in [7, 11) is 0. The Balaban J connectivity index is 0.00000169. The van der Waals surface area contributed by atoms with E-state index in [4.69, 9.17) is 5.73 Å². The van der Waals surface area contributed by atoms with Crippen LogP contribution in [0.3, 0.4) is 0 Å². The Kier molecular flexibility index (Phi) is 5.09. The average molecular weight is 360 g/mol. The van der Waals surface area contributed by atoms with Crippen molar-refractivity contribution in [2.24, 2.45) is 0 Å². The first kappa shape index (κ1) is 17.2. The van der Waals surface area contributed by atoms with Gasteiger partial charge in [0, 0.05) is 29.7 Å². The lowest BCUT2D eigenvalue weighted by atomic mass is 10.0. The fourth-order valence-electron chi connectivity index (χ4n) is 3.22. The summed E-state index contributed by atoms with van der Waals surface area (Å²) in [5.41, 5.74) is 7.17. The van der Waals surface area contributed by atoms with Gasteiger partial charge < -0.3 is 5.73 Å². The van der Waals surface area contributed by atoms with Crippen molar-refractivity contribution in [3.8, 4) is 0 Å². The summed E-state index contributed by atoms with van der Waals surface area (Å²) in [4.78, 5) is 8.04. The van der Waals surface area contributed by atoms with Crippen LogP contribution in [0.1, 0.15) is 36.2 Å². The van der Waals surface area contributed by atoms with Gasteiger partial charge in [0.25, 0.3) is 0 Å².